The van der Waals surface area contributed by atoms with Crippen LogP contribution < -0.4 is 0 Å². The average Bonchev–Trinajstić information content (AvgIpc) is 2.57. The Morgan fingerprint density at radius 1 is 0.679 bits per heavy atom. The second-order valence-electron chi connectivity index (χ2n) is 10.9. The first-order chi connectivity index (χ1) is 12.8. The second kappa shape index (κ2) is 12.8. The van der Waals surface area contributed by atoms with E-state index in [-0.39, 0.29) is 34.9 Å². The van der Waals surface area contributed by atoms with E-state index in [2.05, 4.69) is 69.2 Å². The summed E-state index contributed by atoms with van der Waals surface area (Å²) in [6.45, 7) is 22.1. The Balaban J connectivity index is 5.10. The van der Waals surface area contributed by atoms with Crippen molar-refractivity contribution in [3.8, 4) is 0 Å². The van der Waals surface area contributed by atoms with Gasteiger partial charge in [-0.25, -0.2) is 4.79 Å². The number of carbonyl (C=O) groups is 1. The molecule has 0 rings (SSSR count). The Morgan fingerprint density at radius 3 is 1.25 bits per heavy atom. The zero-order valence-corrected chi connectivity index (χ0v) is 20.7. The van der Waals surface area contributed by atoms with Crippen LogP contribution in [0.4, 0.5) is 4.79 Å². The summed E-state index contributed by atoms with van der Waals surface area (Å²) in [5.41, 5.74) is 0.187. The fraction of sp³-hybridized carbons (Fsp3) is 0.960. The van der Waals surface area contributed by atoms with E-state index in [4.69, 9.17) is 9.47 Å². The molecule has 0 aromatic carbocycles. The van der Waals surface area contributed by atoms with Gasteiger partial charge >= 0.3 is 6.16 Å². The molecule has 0 spiro atoms. The van der Waals surface area contributed by atoms with Crippen molar-refractivity contribution in [1.29, 1.82) is 0 Å². The van der Waals surface area contributed by atoms with E-state index in [1.807, 2.05) is 0 Å². The highest BCUT2D eigenvalue weighted by atomic mass is 16.7. The number of ether oxygens (including phenoxy) is 2. The van der Waals surface area contributed by atoms with Crippen molar-refractivity contribution in [2.24, 2.45) is 22.7 Å². The van der Waals surface area contributed by atoms with Crippen LogP contribution in [-0.4, -0.2) is 18.4 Å². The molecule has 0 bridgehead atoms. The van der Waals surface area contributed by atoms with Gasteiger partial charge in [-0.3, -0.25) is 0 Å². The van der Waals surface area contributed by atoms with Gasteiger partial charge in [-0.05, 0) is 48.3 Å². The lowest BCUT2D eigenvalue weighted by Gasteiger charge is -2.36. The van der Waals surface area contributed by atoms with Crippen LogP contribution in [0.3, 0.4) is 0 Å². The first-order valence-corrected chi connectivity index (χ1v) is 11.7. The molecule has 0 saturated heterocycles. The number of unbranched alkanes of at least 4 members (excludes halogenated alkanes) is 4. The van der Waals surface area contributed by atoms with Gasteiger partial charge in [0.25, 0.3) is 0 Å². The van der Waals surface area contributed by atoms with E-state index < -0.39 is 6.16 Å². The summed E-state index contributed by atoms with van der Waals surface area (Å²) >= 11 is 0. The molecule has 0 aromatic rings. The van der Waals surface area contributed by atoms with Gasteiger partial charge in [0.05, 0.1) is 0 Å². The van der Waals surface area contributed by atoms with E-state index in [1.165, 1.54) is 25.7 Å². The van der Waals surface area contributed by atoms with E-state index in [0.717, 1.165) is 25.7 Å². The number of carbonyl (C=O) groups excluding carboxylic acids is 1. The third-order valence-electron chi connectivity index (χ3n) is 6.53. The van der Waals surface area contributed by atoms with Crippen molar-refractivity contribution in [2.75, 3.05) is 0 Å². The van der Waals surface area contributed by atoms with Crippen LogP contribution in [-0.2, 0) is 9.47 Å². The topological polar surface area (TPSA) is 35.5 Å². The molecular formula is C25H50O3. The van der Waals surface area contributed by atoms with Crippen LogP contribution in [0.5, 0.6) is 0 Å². The molecule has 0 saturated carbocycles. The average molecular weight is 399 g/mol. The van der Waals surface area contributed by atoms with Crippen LogP contribution in [0.25, 0.3) is 0 Å². The minimum absolute atomic E-state index is 0.0831. The zero-order chi connectivity index (χ0) is 22.0. The lowest BCUT2D eigenvalue weighted by atomic mass is 9.77. The van der Waals surface area contributed by atoms with Gasteiger partial charge in [0.1, 0.15) is 12.2 Å². The molecule has 0 fully saturated rings. The standard InChI is InChI=1S/C25H50O3/c1-11-13-15-17-21(19(3)24(5,6)7)27-23(26)28-22(18-16-14-12-2)20(4)25(8,9)10/h19-22H,11-18H2,1-10H3. The molecule has 28 heavy (non-hydrogen) atoms. The molecule has 0 aliphatic carbocycles. The molecule has 0 aromatic heterocycles. The highest BCUT2D eigenvalue weighted by Gasteiger charge is 2.34. The van der Waals surface area contributed by atoms with Gasteiger partial charge in [-0.1, -0.05) is 94.9 Å². The summed E-state index contributed by atoms with van der Waals surface area (Å²) in [6.07, 6.45) is 8.05. The maximum Gasteiger partial charge on any atom is 0.508 e. The van der Waals surface area contributed by atoms with E-state index in [0.29, 0.717) is 0 Å². The molecule has 168 valence electrons. The van der Waals surface area contributed by atoms with Crippen LogP contribution >= 0.6 is 0 Å². The first-order valence-electron chi connectivity index (χ1n) is 11.7. The summed E-state index contributed by atoms with van der Waals surface area (Å²) in [4.78, 5) is 12.7. The summed E-state index contributed by atoms with van der Waals surface area (Å²) in [5, 5.41) is 0. The predicted octanol–water partition coefficient (Wildman–Crippen LogP) is 8.40. The summed E-state index contributed by atoms with van der Waals surface area (Å²) < 4.78 is 11.8. The lowest BCUT2D eigenvalue weighted by molar-refractivity contribution is -0.0575. The monoisotopic (exact) mass is 398 g/mol. The largest absolute Gasteiger partial charge is 0.508 e. The molecule has 0 heterocycles. The fourth-order valence-electron chi connectivity index (χ4n) is 3.40. The molecule has 4 atom stereocenters. The van der Waals surface area contributed by atoms with Gasteiger partial charge in [-0.15, -0.1) is 0 Å². The Morgan fingerprint density at radius 2 is 1.00 bits per heavy atom. The molecule has 3 heteroatoms. The number of rotatable bonds is 12. The molecule has 0 aliphatic heterocycles. The van der Waals surface area contributed by atoms with Gasteiger partial charge in [0, 0.05) is 0 Å². The van der Waals surface area contributed by atoms with Crippen LogP contribution in [0.1, 0.15) is 121 Å². The molecular weight excluding hydrogens is 348 g/mol. The highest BCUT2D eigenvalue weighted by molar-refractivity contribution is 5.60. The second-order valence-corrected chi connectivity index (χ2v) is 10.9. The molecule has 4 unspecified atom stereocenters. The van der Waals surface area contributed by atoms with Gasteiger partial charge in [0.15, 0.2) is 0 Å². The quantitative estimate of drug-likeness (QED) is 0.244. The summed E-state index contributed by atoms with van der Waals surface area (Å²) in [7, 11) is 0. The Hall–Kier alpha value is -0.730. The van der Waals surface area contributed by atoms with Crippen molar-refractivity contribution in [3.63, 3.8) is 0 Å². The van der Waals surface area contributed by atoms with E-state index in [9.17, 15) is 4.79 Å². The summed E-state index contributed by atoms with van der Waals surface area (Å²) in [5.74, 6) is 0.575. The fourth-order valence-corrected chi connectivity index (χ4v) is 3.40. The van der Waals surface area contributed by atoms with Crippen molar-refractivity contribution in [2.45, 2.75) is 133 Å². The Labute approximate surface area is 176 Å². The number of hydrogen-bond acceptors (Lipinski definition) is 3. The number of hydrogen-bond donors (Lipinski definition) is 0. The van der Waals surface area contributed by atoms with Gasteiger partial charge in [-0.2, -0.15) is 0 Å². The van der Waals surface area contributed by atoms with Crippen molar-refractivity contribution < 1.29 is 14.3 Å². The van der Waals surface area contributed by atoms with Crippen LogP contribution in [0.15, 0.2) is 0 Å². The molecule has 0 amide bonds. The highest BCUT2D eigenvalue weighted by Crippen LogP contribution is 2.34. The third kappa shape index (κ3) is 10.7. The zero-order valence-electron chi connectivity index (χ0n) is 20.7. The Bertz CT molecular complexity index is 378. The van der Waals surface area contributed by atoms with E-state index in [1.54, 1.807) is 0 Å². The SMILES string of the molecule is CCCCCC(OC(=O)OC(CCCCC)C(C)C(C)(C)C)C(C)C(C)(C)C. The van der Waals surface area contributed by atoms with Crippen molar-refractivity contribution >= 4 is 6.16 Å². The first kappa shape index (κ1) is 27.3. The Kier molecular flexibility index (Phi) is 12.4. The minimum atomic E-state index is -0.477. The smallest absolute Gasteiger partial charge is 0.431 e. The minimum Gasteiger partial charge on any atom is -0.431 e. The lowest BCUT2D eigenvalue weighted by Crippen LogP contribution is -2.37. The molecule has 0 radical (unpaired) electrons. The predicted molar refractivity (Wildman–Crippen MR) is 121 cm³/mol. The van der Waals surface area contributed by atoms with Gasteiger partial charge < -0.3 is 9.47 Å². The maximum atomic E-state index is 12.7. The molecule has 0 N–H and O–H groups in total. The van der Waals surface area contributed by atoms with Gasteiger partial charge in [0.2, 0.25) is 0 Å². The van der Waals surface area contributed by atoms with Crippen molar-refractivity contribution in [3.05, 3.63) is 0 Å². The normalized spacial score (nSPS) is 16.9. The van der Waals surface area contributed by atoms with Crippen LogP contribution in [0.2, 0.25) is 0 Å². The maximum absolute atomic E-state index is 12.7. The summed E-state index contributed by atoms with van der Waals surface area (Å²) in [6, 6.07) is 0. The molecule has 3 nitrogen and oxygen atoms in total. The van der Waals surface area contributed by atoms with Crippen LogP contribution in [0, 0.1) is 22.7 Å². The third-order valence-corrected chi connectivity index (χ3v) is 6.53. The molecule has 0 aliphatic rings. The van der Waals surface area contributed by atoms with Crippen molar-refractivity contribution in [1.82, 2.24) is 0 Å². The van der Waals surface area contributed by atoms with E-state index >= 15 is 0 Å².